The van der Waals surface area contributed by atoms with Gasteiger partial charge in [-0.1, -0.05) is 18.2 Å². The third-order valence-corrected chi connectivity index (χ3v) is 3.90. The van der Waals surface area contributed by atoms with E-state index in [4.69, 9.17) is 0 Å². The van der Waals surface area contributed by atoms with E-state index in [1.165, 1.54) is 0 Å². The Bertz CT molecular complexity index is 776. The molecule has 1 aromatic carbocycles. The molecule has 2 aromatic rings. The second-order valence-electron chi connectivity index (χ2n) is 5.30. The Morgan fingerprint density at radius 1 is 1.12 bits per heavy atom. The lowest BCUT2D eigenvalue weighted by atomic mass is 10.2. The van der Waals surface area contributed by atoms with E-state index in [0.717, 1.165) is 24.9 Å². The van der Waals surface area contributed by atoms with Gasteiger partial charge in [-0.05, 0) is 23.8 Å². The minimum Gasteiger partial charge on any atom is -0.355 e. The zero-order valence-corrected chi connectivity index (χ0v) is 17.4. The largest absolute Gasteiger partial charge is 0.355 e. The summed E-state index contributed by atoms with van der Waals surface area (Å²) < 4.78 is 27.5. The smallest absolute Gasteiger partial charge is 0.229 e. The zero-order valence-electron chi connectivity index (χ0n) is 14.3. The monoisotopic (exact) mass is 477 g/mol. The van der Waals surface area contributed by atoms with Gasteiger partial charge in [0.05, 0.1) is 11.9 Å². The molecule has 9 heteroatoms. The Labute approximate surface area is 166 Å². The van der Waals surface area contributed by atoms with Gasteiger partial charge in [-0.25, -0.2) is 8.42 Å². The van der Waals surface area contributed by atoms with Crippen LogP contribution in [0, 0.1) is 0 Å². The Balaban J connectivity index is 0.00000312. The highest BCUT2D eigenvalue weighted by molar-refractivity contribution is 14.0. The molecule has 138 valence electrons. The Morgan fingerprint density at radius 3 is 2.44 bits per heavy atom. The maximum absolute atomic E-state index is 11.4. The van der Waals surface area contributed by atoms with E-state index >= 15 is 0 Å². The second kappa shape index (κ2) is 10.3. The van der Waals surface area contributed by atoms with Crippen molar-refractivity contribution in [3.05, 3.63) is 54.4 Å². The summed E-state index contributed by atoms with van der Waals surface area (Å²) in [7, 11) is -1.61. The first-order chi connectivity index (χ1) is 11.5. The molecule has 0 fully saturated rings. The van der Waals surface area contributed by atoms with Crippen molar-refractivity contribution in [2.24, 2.45) is 4.99 Å². The summed E-state index contributed by atoms with van der Waals surface area (Å²) in [5.74, 6) is 0.663. The van der Waals surface area contributed by atoms with Crippen molar-refractivity contribution < 1.29 is 8.42 Å². The van der Waals surface area contributed by atoms with Crippen molar-refractivity contribution in [2.45, 2.75) is 13.1 Å². The van der Waals surface area contributed by atoms with Crippen LogP contribution in [0.3, 0.4) is 0 Å². The van der Waals surface area contributed by atoms with E-state index in [1.54, 1.807) is 19.2 Å². The molecule has 1 aromatic heterocycles. The first-order valence-electron chi connectivity index (χ1n) is 7.59. The quantitative estimate of drug-likeness (QED) is 0.323. The lowest BCUT2D eigenvalue weighted by Crippen LogP contribution is -2.38. The van der Waals surface area contributed by atoms with Crippen molar-refractivity contribution in [3.8, 4) is 0 Å². The van der Waals surface area contributed by atoms with Gasteiger partial charge < -0.3 is 15.2 Å². The highest BCUT2D eigenvalue weighted by Gasteiger charge is 2.07. The van der Waals surface area contributed by atoms with Gasteiger partial charge in [0.2, 0.25) is 10.0 Å². The molecule has 25 heavy (non-hydrogen) atoms. The number of hydrogen-bond donors (Lipinski definition) is 3. The predicted octanol–water partition coefficient (Wildman–Crippen LogP) is 1.84. The van der Waals surface area contributed by atoms with Crippen LogP contribution in [-0.2, 0) is 23.1 Å². The van der Waals surface area contributed by atoms with Gasteiger partial charge in [0.25, 0.3) is 0 Å². The molecule has 3 N–H and O–H groups in total. The number of nitrogens with zero attached hydrogens (tertiary/aromatic N) is 2. The van der Waals surface area contributed by atoms with Crippen LogP contribution in [0.1, 0.15) is 5.56 Å². The number of aromatic nitrogens is 1. The van der Waals surface area contributed by atoms with Gasteiger partial charge in [-0.3, -0.25) is 9.71 Å². The lowest BCUT2D eigenvalue weighted by molar-refractivity contribution is 0.606. The number of nitrogens with one attached hydrogen (secondary N) is 3. The van der Waals surface area contributed by atoms with E-state index in [1.807, 2.05) is 36.7 Å². The average molecular weight is 477 g/mol. The molecule has 0 aliphatic heterocycles. The van der Waals surface area contributed by atoms with Crippen LogP contribution in [-0.4, -0.2) is 38.8 Å². The van der Waals surface area contributed by atoms with Crippen LogP contribution >= 0.6 is 24.0 Å². The Kier molecular flexibility index (Phi) is 8.76. The molecule has 0 aliphatic carbocycles. The molecular weight excluding hydrogens is 453 g/mol. The fraction of sp³-hybridized carbons (Fsp3) is 0.312. The molecule has 0 bridgehead atoms. The van der Waals surface area contributed by atoms with Gasteiger partial charge >= 0.3 is 0 Å². The minimum atomic E-state index is -3.31. The molecule has 1 heterocycles. The zero-order chi connectivity index (χ0) is 17.4. The van der Waals surface area contributed by atoms with Crippen LogP contribution < -0.4 is 15.4 Å². The predicted molar refractivity (Wildman–Crippen MR) is 113 cm³/mol. The van der Waals surface area contributed by atoms with Gasteiger partial charge in [0, 0.05) is 39.1 Å². The number of anilines is 1. The topological polar surface area (TPSA) is 87.5 Å². The van der Waals surface area contributed by atoms with Gasteiger partial charge in [0.15, 0.2) is 5.96 Å². The number of aliphatic imine (C=N–C) groups is 1. The van der Waals surface area contributed by atoms with E-state index in [2.05, 4.69) is 24.9 Å². The summed E-state index contributed by atoms with van der Waals surface area (Å²) in [6, 6.07) is 11.2. The second-order valence-corrected chi connectivity index (χ2v) is 7.05. The lowest BCUT2D eigenvalue weighted by Gasteiger charge is -2.15. The fourth-order valence-electron chi connectivity index (χ4n) is 2.20. The SMILES string of the molecule is CN=C(NCCn1cccc1)NCc1ccccc1NS(C)(=O)=O.I. The first-order valence-corrected chi connectivity index (χ1v) is 9.48. The van der Waals surface area contributed by atoms with E-state index in [9.17, 15) is 8.42 Å². The Morgan fingerprint density at radius 2 is 1.80 bits per heavy atom. The van der Waals surface area contributed by atoms with E-state index in [-0.39, 0.29) is 24.0 Å². The number of hydrogen-bond acceptors (Lipinski definition) is 3. The van der Waals surface area contributed by atoms with Crippen molar-refractivity contribution >= 4 is 45.6 Å². The summed E-state index contributed by atoms with van der Waals surface area (Å²) in [5, 5.41) is 6.41. The number of sulfonamides is 1. The molecule has 2 rings (SSSR count). The third kappa shape index (κ3) is 7.78. The summed E-state index contributed by atoms with van der Waals surface area (Å²) >= 11 is 0. The van der Waals surface area contributed by atoms with E-state index < -0.39 is 10.0 Å². The summed E-state index contributed by atoms with van der Waals surface area (Å²) in [6.07, 6.45) is 5.15. The Hall–Kier alpha value is -1.75. The van der Waals surface area contributed by atoms with Crippen LogP contribution in [0.15, 0.2) is 53.8 Å². The number of benzene rings is 1. The van der Waals surface area contributed by atoms with Crippen LogP contribution in [0.2, 0.25) is 0 Å². The fourth-order valence-corrected chi connectivity index (χ4v) is 2.79. The van der Waals surface area contributed by atoms with Gasteiger partial charge in [-0.15, -0.1) is 24.0 Å². The minimum absolute atomic E-state index is 0. The first kappa shape index (κ1) is 21.3. The normalized spacial score (nSPS) is 11.5. The highest BCUT2D eigenvalue weighted by Crippen LogP contribution is 2.15. The standard InChI is InChI=1S/C16H23N5O2S.HI/c1-17-16(18-9-12-21-10-5-6-11-21)19-13-14-7-3-4-8-15(14)20-24(2,22)23;/h3-8,10-11,20H,9,12-13H2,1-2H3,(H2,17,18,19);1H. The van der Waals surface area contributed by atoms with Crippen molar-refractivity contribution in [3.63, 3.8) is 0 Å². The highest BCUT2D eigenvalue weighted by atomic mass is 127. The molecule has 7 nitrogen and oxygen atoms in total. The molecule has 0 saturated carbocycles. The number of guanidine groups is 1. The molecule has 0 saturated heterocycles. The summed E-state index contributed by atoms with van der Waals surface area (Å²) in [5.41, 5.74) is 1.41. The van der Waals surface area contributed by atoms with Gasteiger partial charge in [0.1, 0.15) is 0 Å². The maximum Gasteiger partial charge on any atom is 0.229 e. The molecule has 0 radical (unpaired) electrons. The molecule has 0 atom stereocenters. The molecule has 0 aliphatic rings. The number of rotatable bonds is 7. The van der Waals surface area contributed by atoms with Crippen LogP contribution in [0.5, 0.6) is 0 Å². The number of para-hydroxylation sites is 1. The molecule has 0 spiro atoms. The maximum atomic E-state index is 11.4. The van der Waals surface area contributed by atoms with Crippen LogP contribution in [0.25, 0.3) is 0 Å². The van der Waals surface area contributed by atoms with Crippen molar-refractivity contribution in [2.75, 3.05) is 24.6 Å². The average Bonchev–Trinajstić information content (AvgIpc) is 3.04. The number of halogens is 1. The third-order valence-electron chi connectivity index (χ3n) is 3.31. The van der Waals surface area contributed by atoms with Crippen molar-refractivity contribution in [1.82, 2.24) is 15.2 Å². The molecular formula is C16H24IN5O2S. The van der Waals surface area contributed by atoms with E-state index in [0.29, 0.717) is 18.2 Å². The molecule has 0 unspecified atom stereocenters. The summed E-state index contributed by atoms with van der Waals surface area (Å²) in [6.45, 7) is 2.03. The van der Waals surface area contributed by atoms with Crippen molar-refractivity contribution in [1.29, 1.82) is 0 Å². The molecule has 0 amide bonds. The van der Waals surface area contributed by atoms with Gasteiger partial charge in [-0.2, -0.15) is 0 Å². The van der Waals surface area contributed by atoms with Crippen LogP contribution in [0.4, 0.5) is 5.69 Å². The summed E-state index contributed by atoms with van der Waals surface area (Å²) in [4.78, 5) is 4.17.